The molecule has 9 heteroatoms. The molecule has 2 N–H and O–H groups in total. The predicted octanol–water partition coefficient (Wildman–Crippen LogP) is 6.37. The van der Waals surface area contributed by atoms with Gasteiger partial charge in [0.15, 0.2) is 0 Å². The van der Waals surface area contributed by atoms with Crippen molar-refractivity contribution < 1.29 is 24.2 Å². The first-order valence-electron chi connectivity index (χ1n) is 9.78. The molecule has 168 valence electrons. The first-order valence-corrected chi connectivity index (χ1v) is 10.7. The number of thiophene rings is 1. The van der Waals surface area contributed by atoms with Gasteiger partial charge in [0.05, 0.1) is 30.7 Å². The third kappa shape index (κ3) is 4.58. The monoisotopic (exact) mass is 456 g/mol. The fourth-order valence-electron chi connectivity index (χ4n) is 3.45. The number of nitrogens with zero attached hydrogens (tertiary/aromatic N) is 1. The number of hydrogen-bond donors (Lipinski definition) is 2. The van der Waals surface area contributed by atoms with E-state index in [9.17, 15) is 14.9 Å². The first-order chi connectivity index (χ1) is 15.4. The standard InChI is InChI=1S/C23H24N2O6S/c1-13(2)7-10-17(31-23(26)19-6-5-11-32-19)14-12-18(29-3)20-15(24-27)8-9-16(25-28)21(20)22(14)30-4/h5-9,11-12,17,24,27H,10H2,1-4H3/t17-/m0/s1. The highest BCUT2D eigenvalue weighted by Gasteiger charge is 2.27. The van der Waals surface area contributed by atoms with E-state index in [1.165, 1.54) is 37.7 Å². The van der Waals surface area contributed by atoms with Gasteiger partial charge in [0.2, 0.25) is 0 Å². The third-order valence-corrected chi connectivity index (χ3v) is 5.76. The number of fused-ring (bicyclic) bond motifs is 1. The molecule has 2 aromatic carbocycles. The van der Waals surface area contributed by atoms with Crippen LogP contribution in [0, 0.1) is 4.91 Å². The molecule has 0 fully saturated rings. The highest BCUT2D eigenvalue weighted by atomic mass is 32.1. The van der Waals surface area contributed by atoms with Gasteiger partial charge in [-0.05, 0) is 48.7 Å². The van der Waals surface area contributed by atoms with Crippen LogP contribution in [0.25, 0.3) is 10.8 Å². The summed E-state index contributed by atoms with van der Waals surface area (Å²) in [6.45, 7) is 3.90. The minimum atomic E-state index is -0.724. The molecule has 8 nitrogen and oxygen atoms in total. The van der Waals surface area contributed by atoms with Crippen LogP contribution in [-0.4, -0.2) is 25.4 Å². The summed E-state index contributed by atoms with van der Waals surface area (Å²) >= 11 is 1.29. The number of benzene rings is 2. The Kier molecular flexibility index (Phi) is 7.45. The average molecular weight is 457 g/mol. The van der Waals surface area contributed by atoms with E-state index in [-0.39, 0.29) is 5.69 Å². The van der Waals surface area contributed by atoms with Gasteiger partial charge in [-0.1, -0.05) is 17.7 Å². The SMILES string of the molecule is COc1cc([C@H](CC=C(C)C)OC(=O)c2cccs2)c(OC)c2c(N=O)ccc(NO)c12. The molecule has 0 saturated heterocycles. The number of hydrogen-bond acceptors (Lipinski definition) is 9. The van der Waals surface area contributed by atoms with Gasteiger partial charge in [0.1, 0.15) is 28.2 Å². The number of nitrogens with one attached hydrogen (secondary N) is 1. The van der Waals surface area contributed by atoms with Crippen LogP contribution < -0.4 is 15.0 Å². The summed E-state index contributed by atoms with van der Waals surface area (Å²) in [5, 5.41) is 15.3. The molecule has 0 aliphatic heterocycles. The molecule has 0 spiro atoms. The van der Waals surface area contributed by atoms with Crippen molar-refractivity contribution >= 4 is 39.5 Å². The highest BCUT2D eigenvalue weighted by Crippen LogP contribution is 2.48. The summed E-state index contributed by atoms with van der Waals surface area (Å²) in [5.41, 5.74) is 4.09. The normalized spacial score (nSPS) is 11.5. The van der Waals surface area contributed by atoms with E-state index in [4.69, 9.17) is 14.2 Å². The number of carbonyl (C=O) groups is 1. The molecule has 1 aromatic heterocycles. The summed E-state index contributed by atoms with van der Waals surface area (Å²) < 4.78 is 17.1. The topological polar surface area (TPSA) is 106 Å². The number of esters is 1. The zero-order valence-corrected chi connectivity index (χ0v) is 19.0. The van der Waals surface area contributed by atoms with Crippen LogP contribution in [0.15, 0.2) is 52.5 Å². The summed E-state index contributed by atoms with van der Waals surface area (Å²) in [6, 6.07) is 8.12. The molecule has 0 aliphatic carbocycles. The Morgan fingerprint density at radius 1 is 1.22 bits per heavy atom. The molecule has 1 heterocycles. The zero-order chi connectivity index (χ0) is 23.3. The lowest BCUT2D eigenvalue weighted by Gasteiger charge is -2.23. The second-order valence-corrected chi connectivity index (χ2v) is 8.12. The molecule has 0 saturated carbocycles. The number of carbonyl (C=O) groups excluding carboxylic acids is 1. The van der Waals surface area contributed by atoms with Crippen LogP contribution in [0.3, 0.4) is 0 Å². The lowest BCUT2D eigenvalue weighted by Crippen LogP contribution is -2.12. The Morgan fingerprint density at radius 2 is 2.00 bits per heavy atom. The van der Waals surface area contributed by atoms with Crippen LogP contribution >= 0.6 is 11.3 Å². The summed E-state index contributed by atoms with van der Waals surface area (Å²) in [4.78, 5) is 24.8. The van der Waals surface area contributed by atoms with Crippen molar-refractivity contribution in [2.75, 3.05) is 19.7 Å². The molecule has 0 bridgehead atoms. The molecule has 0 aliphatic rings. The van der Waals surface area contributed by atoms with Gasteiger partial charge in [-0.25, -0.2) is 4.79 Å². The number of allylic oxidation sites excluding steroid dienone is 1. The number of nitroso groups, excluding NO2 is 1. The van der Waals surface area contributed by atoms with E-state index in [2.05, 4.69) is 10.7 Å². The van der Waals surface area contributed by atoms with E-state index >= 15 is 0 Å². The van der Waals surface area contributed by atoms with E-state index in [0.29, 0.717) is 44.8 Å². The lowest BCUT2D eigenvalue weighted by molar-refractivity contribution is 0.0304. The maximum Gasteiger partial charge on any atom is 0.348 e. The molecule has 0 unspecified atom stereocenters. The van der Waals surface area contributed by atoms with Crippen LogP contribution in [0.1, 0.15) is 41.6 Å². The van der Waals surface area contributed by atoms with Gasteiger partial charge in [-0.2, -0.15) is 0 Å². The van der Waals surface area contributed by atoms with Crippen LogP contribution in [0.4, 0.5) is 11.4 Å². The number of rotatable bonds is 9. The molecule has 1 atom stereocenters. The Hall–Kier alpha value is -3.43. The quantitative estimate of drug-likeness (QED) is 0.167. The van der Waals surface area contributed by atoms with Crippen molar-refractivity contribution in [2.45, 2.75) is 26.4 Å². The fourth-order valence-corrected chi connectivity index (χ4v) is 4.06. The molecule has 0 radical (unpaired) electrons. The van der Waals surface area contributed by atoms with Crippen molar-refractivity contribution in [1.82, 2.24) is 0 Å². The lowest BCUT2D eigenvalue weighted by atomic mass is 9.96. The minimum absolute atomic E-state index is 0.0987. The molecule has 0 amide bonds. The molecule has 3 rings (SSSR count). The maximum atomic E-state index is 12.8. The van der Waals surface area contributed by atoms with Crippen molar-refractivity contribution in [3.63, 3.8) is 0 Å². The summed E-state index contributed by atoms with van der Waals surface area (Å²) in [6.07, 6.45) is 1.61. The molecule has 3 aromatic rings. The smallest absolute Gasteiger partial charge is 0.348 e. The van der Waals surface area contributed by atoms with E-state index in [0.717, 1.165) is 5.57 Å². The largest absolute Gasteiger partial charge is 0.496 e. The zero-order valence-electron chi connectivity index (χ0n) is 18.2. The molecule has 32 heavy (non-hydrogen) atoms. The second kappa shape index (κ2) is 10.3. The third-order valence-electron chi connectivity index (χ3n) is 4.91. The van der Waals surface area contributed by atoms with Crippen LogP contribution in [0.5, 0.6) is 11.5 Å². The van der Waals surface area contributed by atoms with Crippen molar-refractivity contribution in [3.05, 3.63) is 62.7 Å². The van der Waals surface area contributed by atoms with Crippen molar-refractivity contribution in [1.29, 1.82) is 0 Å². The van der Waals surface area contributed by atoms with Gasteiger partial charge >= 0.3 is 5.97 Å². The molecular formula is C23H24N2O6S. The van der Waals surface area contributed by atoms with Crippen molar-refractivity contribution in [2.24, 2.45) is 5.18 Å². The van der Waals surface area contributed by atoms with Crippen LogP contribution in [0.2, 0.25) is 0 Å². The van der Waals surface area contributed by atoms with Gasteiger partial charge in [0, 0.05) is 12.0 Å². The van der Waals surface area contributed by atoms with E-state index in [1.54, 1.807) is 23.6 Å². The first kappa shape index (κ1) is 23.2. The number of anilines is 1. The highest BCUT2D eigenvalue weighted by molar-refractivity contribution is 7.11. The van der Waals surface area contributed by atoms with Gasteiger partial charge in [-0.15, -0.1) is 16.2 Å². The summed E-state index contributed by atoms with van der Waals surface area (Å²) in [5.74, 6) is 0.193. The maximum absolute atomic E-state index is 12.8. The molecular weight excluding hydrogens is 432 g/mol. The Morgan fingerprint density at radius 3 is 2.56 bits per heavy atom. The van der Waals surface area contributed by atoms with E-state index in [1.807, 2.05) is 19.9 Å². The second-order valence-electron chi connectivity index (χ2n) is 7.18. The van der Waals surface area contributed by atoms with Gasteiger partial charge in [-0.3, -0.25) is 10.7 Å². The Labute approximate surface area is 189 Å². The fraction of sp³-hybridized carbons (Fsp3) is 0.261. The summed E-state index contributed by atoms with van der Waals surface area (Å²) in [7, 11) is 2.92. The average Bonchev–Trinajstić information content (AvgIpc) is 3.34. The minimum Gasteiger partial charge on any atom is -0.496 e. The van der Waals surface area contributed by atoms with Gasteiger partial charge in [0.25, 0.3) is 0 Å². The number of ether oxygens (including phenoxy) is 3. The number of methoxy groups -OCH3 is 2. The van der Waals surface area contributed by atoms with Gasteiger partial charge < -0.3 is 14.2 Å². The predicted molar refractivity (Wildman–Crippen MR) is 124 cm³/mol. The Bertz CT molecular complexity index is 1150. The Balaban J connectivity index is 2.27. The van der Waals surface area contributed by atoms with E-state index < -0.39 is 12.1 Å². The van der Waals surface area contributed by atoms with Crippen molar-refractivity contribution in [3.8, 4) is 11.5 Å². The van der Waals surface area contributed by atoms with Crippen LogP contribution in [-0.2, 0) is 4.74 Å².